The van der Waals surface area contributed by atoms with Gasteiger partial charge in [-0.05, 0) is 31.6 Å². The summed E-state index contributed by atoms with van der Waals surface area (Å²) in [5.74, 6) is 1.61. The van der Waals surface area contributed by atoms with Crippen LogP contribution in [0.4, 0.5) is 0 Å². The minimum absolute atomic E-state index is 0.0888. The smallest absolute Gasteiger partial charge is 0.141 e. The van der Waals surface area contributed by atoms with Gasteiger partial charge in [-0.3, -0.25) is 4.98 Å². The van der Waals surface area contributed by atoms with Crippen LogP contribution in [0.3, 0.4) is 0 Å². The van der Waals surface area contributed by atoms with Crippen LogP contribution < -0.4 is 5.32 Å². The third-order valence-electron chi connectivity index (χ3n) is 4.61. The average Bonchev–Trinajstić information content (AvgIpc) is 2.72. The Morgan fingerprint density at radius 3 is 2.68 bits per heavy atom. The van der Waals surface area contributed by atoms with Crippen molar-refractivity contribution >= 4 is 0 Å². The second-order valence-corrected chi connectivity index (χ2v) is 5.76. The Morgan fingerprint density at radius 1 is 1.37 bits per heavy atom. The molecule has 0 bridgehead atoms. The normalized spacial score (nSPS) is 26.8. The fourth-order valence-corrected chi connectivity index (χ4v) is 2.90. The van der Waals surface area contributed by atoms with E-state index >= 15 is 0 Å². The Kier molecular flexibility index (Phi) is 4.42. The zero-order valence-electron chi connectivity index (χ0n) is 12.0. The molecule has 1 aromatic heterocycles. The summed E-state index contributed by atoms with van der Waals surface area (Å²) in [5, 5.41) is 23.0. The number of aliphatic hydroxyl groups is 1. The molecule has 0 spiro atoms. The first-order valence-corrected chi connectivity index (χ1v) is 7.05. The first kappa shape index (κ1) is 14.3. The summed E-state index contributed by atoms with van der Waals surface area (Å²) < 4.78 is 0. The van der Waals surface area contributed by atoms with Crippen LogP contribution in [0.5, 0.6) is 5.75 Å². The summed E-state index contributed by atoms with van der Waals surface area (Å²) >= 11 is 0. The van der Waals surface area contributed by atoms with E-state index in [1.54, 1.807) is 13.1 Å². The van der Waals surface area contributed by atoms with Gasteiger partial charge in [0.25, 0.3) is 0 Å². The van der Waals surface area contributed by atoms with E-state index in [9.17, 15) is 10.2 Å². The Labute approximate surface area is 114 Å². The highest BCUT2D eigenvalue weighted by Crippen LogP contribution is 2.32. The molecule has 3 unspecified atom stereocenters. The van der Waals surface area contributed by atoms with Gasteiger partial charge in [0.05, 0.1) is 12.3 Å². The Bertz CT molecular complexity index is 448. The molecule has 2 rings (SSSR count). The predicted molar refractivity (Wildman–Crippen MR) is 74.8 cm³/mol. The zero-order chi connectivity index (χ0) is 14.0. The van der Waals surface area contributed by atoms with E-state index in [2.05, 4.69) is 24.1 Å². The molecule has 0 saturated heterocycles. The summed E-state index contributed by atoms with van der Waals surface area (Å²) in [6, 6.07) is 0.495. The molecule has 0 aromatic carbocycles. The fraction of sp³-hybridized carbons (Fsp3) is 0.667. The third kappa shape index (κ3) is 2.90. The SMILES string of the molecule is Cc1ncc(CO)c(CNC2CCC(C)C2C)c1O. The van der Waals surface area contributed by atoms with Crippen LogP contribution in [0, 0.1) is 18.8 Å². The number of hydrogen-bond acceptors (Lipinski definition) is 4. The summed E-state index contributed by atoms with van der Waals surface area (Å²) in [5.41, 5.74) is 2.10. The van der Waals surface area contributed by atoms with Crippen LogP contribution in [0.15, 0.2) is 6.20 Å². The number of nitrogens with zero attached hydrogens (tertiary/aromatic N) is 1. The summed E-state index contributed by atoms with van der Waals surface area (Å²) in [6.45, 7) is 6.85. The second-order valence-electron chi connectivity index (χ2n) is 5.76. The van der Waals surface area contributed by atoms with Crippen molar-refractivity contribution in [2.75, 3.05) is 0 Å². The van der Waals surface area contributed by atoms with E-state index < -0.39 is 0 Å². The quantitative estimate of drug-likeness (QED) is 0.779. The zero-order valence-corrected chi connectivity index (χ0v) is 12.0. The van der Waals surface area contributed by atoms with E-state index in [1.807, 2.05) is 0 Å². The summed E-state index contributed by atoms with van der Waals surface area (Å²) in [4.78, 5) is 4.08. The molecule has 0 aliphatic heterocycles. The van der Waals surface area contributed by atoms with Crippen LogP contribution in [0.1, 0.15) is 43.5 Å². The van der Waals surface area contributed by atoms with Gasteiger partial charge in [-0.25, -0.2) is 0 Å². The van der Waals surface area contributed by atoms with Crippen LogP contribution >= 0.6 is 0 Å². The van der Waals surface area contributed by atoms with E-state index in [4.69, 9.17) is 0 Å². The Morgan fingerprint density at radius 2 is 2.11 bits per heavy atom. The number of nitrogens with one attached hydrogen (secondary N) is 1. The van der Waals surface area contributed by atoms with Gasteiger partial charge in [0, 0.05) is 29.9 Å². The number of aryl methyl sites for hydroxylation is 1. The van der Waals surface area contributed by atoms with Crippen LogP contribution in [-0.4, -0.2) is 21.2 Å². The number of rotatable bonds is 4. The molecule has 1 heterocycles. The van der Waals surface area contributed by atoms with Gasteiger partial charge in [0.15, 0.2) is 0 Å². The van der Waals surface area contributed by atoms with E-state index in [1.165, 1.54) is 12.8 Å². The largest absolute Gasteiger partial charge is 0.506 e. The lowest BCUT2D eigenvalue weighted by molar-refractivity contribution is 0.277. The molecular weight excluding hydrogens is 240 g/mol. The Balaban J connectivity index is 2.09. The second kappa shape index (κ2) is 5.88. The molecule has 1 aliphatic rings. The first-order chi connectivity index (χ1) is 9.04. The molecule has 4 nitrogen and oxygen atoms in total. The van der Waals surface area contributed by atoms with Crippen molar-refractivity contribution in [1.29, 1.82) is 0 Å². The molecule has 3 N–H and O–H groups in total. The lowest BCUT2D eigenvalue weighted by atomic mass is 9.97. The fourth-order valence-electron chi connectivity index (χ4n) is 2.90. The summed E-state index contributed by atoms with van der Waals surface area (Å²) in [6.07, 6.45) is 4.08. The molecule has 1 saturated carbocycles. The third-order valence-corrected chi connectivity index (χ3v) is 4.61. The highest BCUT2D eigenvalue weighted by molar-refractivity contribution is 5.40. The van der Waals surface area contributed by atoms with Gasteiger partial charge in [-0.15, -0.1) is 0 Å². The lowest BCUT2D eigenvalue weighted by Gasteiger charge is -2.21. The van der Waals surface area contributed by atoms with E-state index in [-0.39, 0.29) is 12.4 Å². The van der Waals surface area contributed by atoms with Gasteiger partial charge in [0.2, 0.25) is 0 Å². The van der Waals surface area contributed by atoms with E-state index in [0.717, 1.165) is 11.5 Å². The Hall–Kier alpha value is -1.13. The minimum Gasteiger partial charge on any atom is -0.506 e. The van der Waals surface area contributed by atoms with Crippen molar-refractivity contribution < 1.29 is 10.2 Å². The van der Waals surface area contributed by atoms with Gasteiger partial charge in [-0.2, -0.15) is 0 Å². The van der Waals surface area contributed by atoms with Crippen LogP contribution in [0.2, 0.25) is 0 Å². The van der Waals surface area contributed by atoms with Gasteiger partial charge < -0.3 is 15.5 Å². The number of pyridine rings is 1. The number of aromatic nitrogens is 1. The van der Waals surface area contributed by atoms with E-state index in [0.29, 0.717) is 29.8 Å². The van der Waals surface area contributed by atoms with Crippen LogP contribution in [-0.2, 0) is 13.2 Å². The van der Waals surface area contributed by atoms with Crippen molar-refractivity contribution in [1.82, 2.24) is 10.3 Å². The maximum absolute atomic E-state index is 10.1. The average molecular weight is 264 g/mol. The number of aliphatic hydroxyl groups excluding tert-OH is 1. The maximum atomic E-state index is 10.1. The van der Waals surface area contributed by atoms with Crippen molar-refractivity contribution in [3.05, 3.63) is 23.0 Å². The minimum atomic E-state index is -0.0888. The molecule has 3 atom stereocenters. The standard InChI is InChI=1S/C15H24N2O2/c1-9-4-5-14(10(9)2)17-7-13-12(8-18)6-16-11(3)15(13)19/h6,9-10,14,17-19H,4-5,7-8H2,1-3H3. The van der Waals surface area contributed by atoms with Crippen molar-refractivity contribution in [2.24, 2.45) is 11.8 Å². The molecular formula is C15H24N2O2. The predicted octanol–water partition coefficient (Wildman–Crippen LogP) is 2.11. The molecule has 1 aliphatic carbocycles. The number of hydrogen-bond donors (Lipinski definition) is 3. The lowest BCUT2D eigenvalue weighted by Crippen LogP contribution is -2.32. The van der Waals surface area contributed by atoms with Crippen molar-refractivity contribution in [3.8, 4) is 5.75 Å². The molecule has 1 aromatic rings. The van der Waals surface area contributed by atoms with Gasteiger partial charge in [-0.1, -0.05) is 13.8 Å². The van der Waals surface area contributed by atoms with Gasteiger partial charge in [0.1, 0.15) is 5.75 Å². The monoisotopic (exact) mass is 264 g/mol. The molecule has 0 amide bonds. The molecule has 19 heavy (non-hydrogen) atoms. The van der Waals surface area contributed by atoms with Crippen molar-refractivity contribution in [2.45, 2.75) is 52.8 Å². The first-order valence-electron chi connectivity index (χ1n) is 7.05. The molecule has 1 fully saturated rings. The topological polar surface area (TPSA) is 65.4 Å². The highest BCUT2D eigenvalue weighted by Gasteiger charge is 2.29. The molecule has 4 heteroatoms. The molecule has 0 radical (unpaired) electrons. The van der Waals surface area contributed by atoms with Crippen molar-refractivity contribution in [3.63, 3.8) is 0 Å². The maximum Gasteiger partial charge on any atom is 0.141 e. The molecule has 106 valence electrons. The summed E-state index contributed by atoms with van der Waals surface area (Å²) in [7, 11) is 0. The highest BCUT2D eigenvalue weighted by atomic mass is 16.3. The number of aromatic hydroxyl groups is 1. The van der Waals surface area contributed by atoms with Crippen LogP contribution in [0.25, 0.3) is 0 Å². The van der Waals surface area contributed by atoms with Gasteiger partial charge >= 0.3 is 0 Å².